The summed E-state index contributed by atoms with van der Waals surface area (Å²) in [4.78, 5) is 7.80. The monoisotopic (exact) mass is 254 g/mol. The van der Waals surface area contributed by atoms with Crippen LogP contribution in [-0.4, -0.2) is 86.7 Å². The largest absolute Gasteiger partial charge is 0.314 e. The van der Waals surface area contributed by atoms with Crippen molar-refractivity contribution in [2.75, 3.05) is 72.0 Å². The van der Waals surface area contributed by atoms with Crippen LogP contribution in [0.3, 0.4) is 0 Å². The summed E-state index contributed by atoms with van der Waals surface area (Å²) in [6, 6.07) is 0. The van der Waals surface area contributed by atoms with E-state index in [0.717, 1.165) is 0 Å². The molecule has 2 aliphatic heterocycles. The molecule has 2 rings (SSSR count). The van der Waals surface area contributed by atoms with Gasteiger partial charge in [0.15, 0.2) is 0 Å². The van der Waals surface area contributed by atoms with Gasteiger partial charge in [0.05, 0.1) is 0 Å². The van der Waals surface area contributed by atoms with Crippen molar-refractivity contribution in [3.63, 3.8) is 0 Å². The summed E-state index contributed by atoms with van der Waals surface area (Å²) in [5.74, 6) is 0. The molecule has 2 saturated heterocycles. The Morgan fingerprint density at radius 2 is 1.22 bits per heavy atom. The zero-order chi connectivity index (χ0) is 12.6. The number of likely N-dealkylation sites (N-methyl/N-ethyl adjacent to an activating group) is 1. The topological polar surface area (TPSA) is 21.8 Å². The third-order valence-electron chi connectivity index (χ3n) is 4.32. The lowest BCUT2D eigenvalue weighted by atomic mass is 10.2. The fraction of sp³-hybridized carbons (Fsp3) is 1.00. The van der Waals surface area contributed by atoms with Crippen LogP contribution in [-0.2, 0) is 0 Å². The van der Waals surface area contributed by atoms with Gasteiger partial charge in [-0.25, -0.2) is 0 Å². The van der Waals surface area contributed by atoms with E-state index in [0.29, 0.717) is 0 Å². The molecule has 0 bridgehead atoms. The number of nitrogens with zero attached hydrogens (tertiary/aromatic N) is 3. The minimum atomic E-state index is 1.18. The Kier molecular flexibility index (Phi) is 6.41. The fourth-order valence-electron chi connectivity index (χ4n) is 2.93. The van der Waals surface area contributed by atoms with Crippen LogP contribution >= 0.6 is 0 Å². The van der Waals surface area contributed by atoms with Crippen molar-refractivity contribution in [2.24, 2.45) is 0 Å². The maximum Gasteiger partial charge on any atom is 0.0110 e. The predicted octanol–water partition coefficient (Wildman–Crippen LogP) is 0.309. The molecule has 0 unspecified atom stereocenters. The number of rotatable bonds is 6. The predicted molar refractivity (Wildman–Crippen MR) is 77.1 cm³/mol. The molecule has 0 spiro atoms. The van der Waals surface area contributed by atoms with E-state index in [1.165, 1.54) is 84.8 Å². The van der Waals surface area contributed by atoms with E-state index >= 15 is 0 Å². The van der Waals surface area contributed by atoms with Gasteiger partial charge in [-0.2, -0.15) is 0 Å². The number of nitrogens with one attached hydrogen (secondary N) is 1. The van der Waals surface area contributed by atoms with Crippen LogP contribution in [0.4, 0.5) is 0 Å². The van der Waals surface area contributed by atoms with Crippen molar-refractivity contribution in [3.05, 3.63) is 0 Å². The minimum absolute atomic E-state index is 1.18. The van der Waals surface area contributed by atoms with Gasteiger partial charge in [-0.3, -0.25) is 0 Å². The van der Waals surface area contributed by atoms with Crippen LogP contribution in [0.15, 0.2) is 0 Å². The molecule has 2 fully saturated rings. The Morgan fingerprint density at radius 3 is 1.78 bits per heavy atom. The fourth-order valence-corrected chi connectivity index (χ4v) is 2.93. The van der Waals surface area contributed by atoms with Gasteiger partial charge >= 0.3 is 0 Å². The van der Waals surface area contributed by atoms with Gasteiger partial charge in [0, 0.05) is 52.4 Å². The second-order valence-corrected chi connectivity index (χ2v) is 5.57. The van der Waals surface area contributed by atoms with E-state index in [2.05, 4.69) is 26.9 Å². The molecule has 0 aliphatic carbocycles. The second-order valence-electron chi connectivity index (χ2n) is 5.57. The van der Waals surface area contributed by atoms with Crippen molar-refractivity contribution in [3.8, 4) is 0 Å². The Labute approximate surface area is 112 Å². The van der Waals surface area contributed by atoms with E-state index in [1.54, 1.807) is 0 Å². The van der Waals surface area contributed by atoms with Crippen molar-refractivity contribution in [1.29, 1.82) is 0 Å². The molecule has 18 heavy (non-hydrogen) atoms. The van der Waals surface area contributed by atoms with E-state index in [1.807, 2.05) is 0 Å². The van der Waals surface area contributed by atoms with Gasteiger partial charge in [-0.1, -0.05) is 6.92 Å². The summed E-state index contributed by atoms with van der Waals surface area (Å²) < 4.78 is 0. The van der Waals surface area contributed by atoms with Gasteiger partial charge in [-0.15, -0.1) is 0 Å². The first-order chi connectivity index (χ1) is 8.88. The lowest BCUT2D eigenvalue weighted by Crippen LogP contribution is -2.46. The zero-order valence-corrected chi connectivity index (χ0v) is 12.0. The van der Waals surface area contributed by atoms with E-state index < -0.39 is 0 Å². The van der Waals surface area contributed by atoms with Gasteiger partial charge in [-0.05, 0) is 32.5 Å². The van der Waals surface area contributed by atoms with Crippen LogP contribution in [0.1, 0.15) is 19.8 Å². The average Bonchev–Trinajstić information content (AvgIpc) is 2.45. The number of hydrogen-bond donors (Lipinski definition) is 1. The summed E-state index contributed by atoms with van der Waals surface area (Å²) in [7, 11) is 0. The van der Waals surface area contributed by atoms with Gasteiger partial charge < -0.3 is 20.0 Å². The summed E-state index contributed by atoms with van der Waals surface area (Å²) in [5.41, 5.74) is 0. The van der Waals surface area contributed by atoms with Crippen LogP contribution in [0.25, 0.3) is 0 Å². The Bertz CT molecular complexity index is 208. The Balaban J connectivity index is 1.48. The summed E-state index contributed by atoms with van der Waals surface area (Å²) in [6.07, 6.45) is 2.74. The highest BCUT2D eigenvalue weighted by molar-refractivity contribution is 4.71. The first-order valence-corrected chi connectivity index (χ1v) is 7.76. The highest BCUT2D eigenvalue weighted by Gasteiger charge is 2.15. The lowest BCUT2D eigenvalue weighted by Gasteiger charge is -2.34. The SMILES string of the molecule is CCN1CCN(CCCCN2CCNCC2)CC1. The first kappa shape index (κ1) is 14.3. The highest BCUT2D eigenvalue weighted by Crippen LogP contribution is 2.04. The Hall–Kier alpha value is -0.160. The van der Waals surface area contributed by atoms with Crippen LogP contribution < -0.4 is 5.32 Å². The van der Waals surface area contributed by atoms with Gasteiger partial charge in [0.2, 0.25) is 0 Å². The van der Waals surface area contributed by atoms with Crippen LogP contribution in [0.2, 0.25) is 0 Å². The molecule has 4 nitrogen and oxygen atoms in total. The third-order valence-corrected chi connectivity index (χ3v) is 4.32. The molecular weight excluding hydrogens is 224 g/mol. The molecule has 0 aromatic rings. The van der Waals surface area contributed by atoms with Gasteiger partial charge in [0.25, 0.3) is 0 Å². The first-order valence-electron chi connectivity index (χ1n) is 7.76. The van der Waals surface area contributed by atoms with Crippen LogP contribution in [0, 0.1) is 0 Å². The molecule has 2 aliphatic rings. The second kappa shape index (κ2) is 8.10. The zero-order valence-electron chi connectivity index (χ0n) is 12.0. The lowest BCUT2D eigenvalue weighted by molar-refractivity contribution is 0.133. The summed E-state index contributed by atoms with van der Waals surface area (Å²) in [6.45, 7) is 16.0. The van der Waals surface area contributed by atoms with Crippen LogP contribution in [0.5, 0.6) is 0 Å². The van der Waals surface area contributed by atoms with E-state index in [4.69, 9.17) is 0 Å². The maximum absolute atomic E-state index is 3.41. The molecule has 0 atom stereocenters. The smallest absolute Gasteiger partial charge is 0.0110 e. The molecule has 4 heteroatoms. The number of hydrogen-bond acceptors (Lipinski definition) is 4. The Morgan fingerprint density at radius 1 is 0.722 bits per heavy atom. The quantitative estimate of drug-likeness (QED) is 0.689. The van der Waals surface area contributed by atoms with Gasteiger partial charge in [0.1, 0.15) is 0 Å². The van der Waals surface area contributed by atoms with Crippen molar-refractivity contribution in [2.45, 2.75) is 19.8 Å². The molecule has 0 aromatic heterocycles. The minimum Gasteiger partial charge on any atom is -0.314 e. The van der Waals surface area contributed by atoms with E-state index in [9.17, 15) is 0 Å². The number of piperazine rings is 2. The van der Waals surface area contributed by atoms with E-state index in [-0.39, 0.29) is 0 Å². The van der Waals surface area contributed by atoms with Crippen molar-refractivity contribution >= 4 is 0 Å². The maximum atomic E-state index is 3.41. The molecule has 0 aromatic carbocycles. The standard InChI is InChI=1S/C14H30N4/c1-2-16-11-13-18(14-12-16)8-4-3-7-17-9-5-15-6-10-17/h15H,2-14H2,1H3. The molecule has 2 heterocycles. The molecule has 0 amide bonds. The van der Waals surface area contributed by atoms with Crippen molar-refractivity contribution < 1.29 is 0 Å². The third kappa shape index (κ3) is 4.84. The van der Waals surface area contributed by atoms with Crippen molar-refractivity contribution in [1.82, 2.24) is 20.0 Å². The molecule has 0 saturated carbocycles. The average molecular weight is 254 g/mol. The molecule has 1 N–H and O–H groups in total. The molecule has 106 valence electrons. The molecule has 0 radical (unpaired) electrons. The normalized spacial score (nSPS) is 24.5. The summed E-state index contributed by atoms with van der Waals surface area (Å²) in [5, 5.41) is 3.41. The number of unbranched alkanes of at least 4 members (excludes halogenated alkanes) is 1. The summed E-state index contributed by atoms with van der Waals surface area (Å²) >= 11 is 0. The highest BCUT2D eigenvalue weighted by atomic mass is 15.3. The molecular formula is C14H30N4.